The van der Waals surface area contributed by atoms with Gasteiger partial charge in [0.15, 0.2) is 0 Å². The fourth-order valence-corrected chi connectivity index (χ4v) is 1.86. The van der Waals surface area contributed by atoms with Crippen molar-refractivity contribution in [2.24, 2.45) is 5.41 Å². The lowest BCUT2D eigenvalue weighted by atomic mass is 9.87. The molecule has 5 heteroatoms. The highest BCUT2D eigenvalue weighted by atomic mass is 35.5. The molecule has 0 unspecified atom stereocenters. The first-order valence-electron chi connectivity index (χ1n) is 5.31. The molecule has 1 aromatic carbocycles. The Morgan fingerprint density at radius 1 is 1.53 bits per heavy atom. The van der Waals surface area contributed by atoms with Crippen molar-refractivity contribution in [3.63, 3.8) is 0 Å². The lowest BCUT2D eigenvalue weighted by Crippen LogP contribution is -2.50. The molecule has 0 atom stereocenters. The van der Waals surface area contributed by atoms with Gasteiger partial charge in [-0.3, -0.25) is 0 Å². The summed E-state index contributed by atoms with van der Waals surface area (Å²) in [4.78, 5) is 0. The Morgan fingerprint density at radius 3 is 2.82 bits per heavy atom. The number of benzene rings is 1. The van der Waals surface area contributed by atoms with Gasteiger partial charge in [-0.25, -0.2) is 0 Å². The first-order chi connectivity index (χ1) is 8.19. The van der Waals surface area contributed by atoms with Crippen LogP contribution in [0.4, 0.5) is 5.69 Å². The number of rotatable bonds is 4. The molecule has 90 valence electrons. The number of halogens is 1. The topological polar surface area (TPSA) is 65.3 Å². The summed E-state index contributed by atoms with van der Waals surface area (Å²) in [5, 5.41) is 22.0. The van der Waals surface area contributed by atoms with Gasteiger partial charge in [-0.2, -0.15) is 5.26 Å². The maximum Gasteiger partial charge on any atom is 0.101 e. The molecular formula is C12H13ClN2O2. The first-order valence-corrected chi connectivity index (χ1v) is 5.69. The maximum atomic E-state index is 9.28. The summed E-state index contributed by atoms with van der Waals surface area (Å²) < 4.78 is 5.11. The zero-order chi connectivity index (χ0) is 12.3. The van der Waals surface area contributed by atoms with Gasteiger partial charge < -0.3 is 15.2 Å². The Labute approximate surface area is 105 Å². The number of aliphatic hydroxyl groups is 1. The first kappa shape index (κ1) is 12.2. The predicted octanol–water partition coefficient (Wildman–Crippen LogP) is 1.63. The van der Waals surface area contributed by atoms with Crippen LogP contribution in [0.15, 0.2) is 18.2 Å². The molecule has 1 fully saturated rings. The van der Waals surface area contributed by atoms with E-state index in [0.29, 0.717) is 36.0 Å². The molecule has 0 aliphatic carbocycles. The van der Waals surface area contributed by atoms with E-state index in [1.165, 1.54) is 0 Å². The number of hydrogen-bond acceptors (Lipinski definition) is 4. The summed E-state index contributed by atoms with van der Waals surface area (Å²) in [7, 11) is 0. The van der Waals surface area contributed by atoms with Crippen molar-refractivity contribution in [2.45, 2.75) is 0 Å². The highest BCUT2D eigenvalue weighted by molar-refractivity contribution is 6.30. The third-order valence-corrected chi connectivity index (χ3v) is 3.14. The van der Waals surface area contributed by atoms with E-state index in [0.717, 1.165) is 0 Å². The second-order valence-corrected chi connectivity index (χ2v) is 4.74. The molecule has 1 heterocycles. The van der Waals surface area contributed by atoms with Crippen LogP contribution in [0.5, 0.6) is 0 Å². The number of nitrogens with zero attached hydrogens (tertiary/aromatic N) is 1. The fraction of sp³-hybridized carbons (Fsp3) is 0.417. The zero-order valence-electron chi connectivity index (χ0n) is 9.24. The van der Waals surface area contributed by atoms with Crippen LogP contribution in [-0.4, -0.2) is 31.5 Å². The Balaban J connectivity index is 2.08. The van der Waals surface area contributed by atoms with Crippen LogP contribution in [0.25, 0.3) is 0 Å². The molecule has 0 bridgehead atoms. The van der Waals surface area contributed by atoms with Gasteiger partial charge in [0.2, 0.25) is 0 Å². The van der Waals surface area contributed by atoms with Gasteiger partial charge in [0.25, 0.3) is 0 Å². The van der Waals surface area contributed by atoms with E-state index in [1.54, 1.807) is 18.2 Å². The average molecular weight is 253 g/mol. The normalized spacial score (nSPS) is 17.0. The van der Waals surface area contributed by atoms with Crippen LogP contribution in [-0.2, 0) is 4.74 Å². The second kappa shape index (κ2) is 4.92. The van der Waals surface area contributed by atoms with Crippen molar-refractivity contribution in [2.75, 3.05) is 31.7 Å². The minimum Gasteiger partial charge on any atom is -0.396 e. The number of nitrogens with one attached hydrogen (secondary N) is 1. The van der Waals surface area contributed by atoms with Crippen molar-refractivity contribution in [3.8, 4) is 6.07 Å². The van der Waals surface area contributed by atoms with Gasteiger partial charge in [0.1, 0.15) is 6.07 Å². The maximum absolute atomic E-state index is 9.28. The molecule has 0 spiro atoms. The molecule has 2 N–H and O–H groups in total. The predicted molar refractivity (Wildman–Crippen MR) is 65.0 cm³/mol. The number of aliphatic hydroxyl groups excluding tert-OH is 1. The SMILES string of the molecule is N#Cc1ccc(Cl)cc1NCC1(CO)COC1. The van der Waals surface area contributed by atoms with Gasteiger partial charge in [-0.05, 0) is 18.2 Å². The molecule has 2 rings (SSSR count). The average Bonchev–Trinajstić information content (AvgIpc) is 2.28. The van der Waals surface area contributed by atoms with Crippen molar-refractivity contribution in [1.82, 2.24) is 0 Å². The van der Waals surface area contributed by atoms with Gasteiger partial charge in [-0.15, -0.1) is 0 Å². The zero-order valence-corrected chi connectivity index (χ0v) is 10.00. The van der Waals surface area contributed by atoms with E-state index >= 15 is 0 Å². The van der Waals surface area contributed by atoms with Crippen LogP contribution < -0.4 is 5.32 Å². The summed E-state index contributed by atoms with van der Waals surface area (Å²) in [6.07, 6.45) is 0. The summed E-state index contributed by atoms with van der Waals surface area (Å²) in [6, 6.07) is 7.17. The van der Waals surface area contributed by atoms with Gasteiger partial charge in [0.05, 0.1) is 36.5 Å². The smallest absolute Gasteiger partial charge is 0.101 e. The van der Waals surface area contributed by atoms with Crippen LogP contribution in [0.2, 0.25) is 5.02 Å². The summed E-state index contributed by atoms with van der Waals surface area (Å²) >= 11 is 5.88. The lowest BCUT2D eigenvalue weighted by Gasteiger charge is -2.40. The quantitative estimate of drug-likeness (QED) is 0.855. The third kappa shape index (κ3) is 2.52. The summed E-state index contributed by atoms with van der Waals surface area (Å²) in [6.45, 7) is 1.72. The highest BCUT2D eigenvalue weighted by Crippen LogP contribution is 2.28. The van der Waals surface area contributed by atoms with Crippen LogP contribution in [0.3, 0.4) is 0 Å². The minimum absolute atomic E-state index is 0.0719. The van der Waals surface area contributed by atoms with Crippen LogP contribution in [0, 0.1) is 16.7 Å². The van der Waals surface area contributed by atoms with Crippen LogP contribution >= 0.6 is 11.6 Å². The molecular weight excluding hydrogens is 240 g/mol. The largest absolute Gasteiger partial charge is 0.396 e. The van der Waals surface area contributed by atoms with E-state index in [9.17, 15) is 5.11 Å². The second-order valence-electron chi connectivity index (χ2n) is 4.31. The van der Waals surface area contributed by atoms with E-state index < -0.39 is 0 Å². The van der Waals surface area contributed by atoms with Crippen molar-refractivity contribution < 1.29 is 9.84 Å². The fourth-order valence-electron chi connectivity index (χ4n) is 1.68. The molecule has 1 aromatic rings. The molecule has 1 aliphatic heterocycles. The number of anilines is 1. The van der Waals surface area contributed by atoms with E-state index in [4.69, 9.17) is 21.6 Å². The van der Waals surface area contributed by atoms with E-state index in [-0.39, 0.29) is 12.0 Å². The third-order valence-electron chi connectivity index (χ3n) is 2.91. The minimum atomic E-state index is -0.227. The van der Waals surface area contributed by atoms with Gasteiger partial charge in [-0.1, -0.05) is 11.6 Å². The molecule has 0 aromatic heterocycles. The molecule has 4 nitrogen and oxygen atoms in total. The van der Waals surface area contributed by atoms with Crippen molar-refractivity contribution in [3.05, 3.63) is 28.8 Å². The van der Waals surface area contributed by atoms with Gasteiger partial charge >= 0.3 is 0 Å². The van der Waals surface area contributed by atoms with Gasteiger partial charge in [0, 0.05) is 11.6 Å². The lowest BCUT2D eigenvalue weighted by molar-refractivity contribution is -0.128. The summed E-state index contributed by atoms with van der Waals surface area (Å²) in [5.74, 6) is 0. The molecule has 0 radical (unpaired) electrons. The highest BCUT2D eigenvalue weighted by Gasteiger charge is 2.37. The monoisotopic (exact) mass is 252 g/mol. The Morgan fingerprint density at radius 2 is 2.29 bits per heavy atom. The standard InChI is InChI=1S/C12H13ClN2O2/c13-10-2-1-9(4-14)11(3-10)15-5-12(6-16)7-17-8-12/h1-3,15-16H,5-8H2. The summed E-state index contributed by atoms with van der Waals surface area (Å²) in [5.41, 5.74) is 1.01. The molecule has 17 heavy (non-hydrogen) atoms. The molecule has 0 saturated carbocycles. The van der Waals surface area contributed by atoms with Crippen LogP contribution in [0.1, 0.15) is 5.56 Å². The van der Waals surface area contributed by atoms with Crippen molar-refractivity contribution >= 4 is 17.3 Å². The molecule has 0 amide bonds. The molecule has 1 aliphatic rings. The van der Waals surface area contributed by atoms with E-state index in [2.05, 4.69) is 11.4 Å². The number of ether oxygens (including phenoxy) is 1. The Kier molecular flexibility index (Phi) is 3.53. The van der Waals surface area contributed by atoms with E-state index in [1.807, 2.05) is 0 Å². The molecule has 1 saturated heterocycles. The number of nitriles is 1. The Bertz CT molecular complexity index is 447. The van der Waals surface area contributed by atoms with Crippen molar-refractivity contribution in [1.29, 1.82) is 5.26 Å². The Hall–Kier alpha value is -1.28. The number of hydrogen-bond donors (Lipinski definition) is 2.